The van der Waals surface area contributed by atoms with E-state index in [-0.39, 0.29) is 31.1 Å². The van der Waals surface area contributed by atoms with Gasteiger partial charge in [0.25, 0.3) is 0 Å². The smallest absolute Gasteiger partial charge is 0.306 e. The van der Waals surface area contributed by atoms with Crippen LogP contribution < -0.4 is 0 Å². The third-order valence-electron chi connectivity index (χ3n) is 15.0. The summed E-state index contributed by atoms with van der Waals surface area (Å²) < 4.78 is 16.9. The lowest BCUT2D eigenvalue weighted by Crippen LogP contribution is -2.30. The van der Waals surface area contributed by atoms with Crippen molar-refractivity contribution in [3.05, 3.63) is 122 Å². The van der Waals surface area contributed by atoms with Gasteiger partial charge in [0, 0.05) is 19.3 Å². The molecule has 83 heavy (non-hydrogen) atoms. The first-order valence-electron chi connectivity index (χ1n) is 35.0. The molecule has 0 fully saturated rings. The van der Waals surface area contributed by atoms with E-state index in [1.165, 1.54) is 167 Å². The Morgan fingerprint density at radius 3 is 0.735 bits per heavy atom. The lowest BCUT2D eigenvalue weighted by atomic mass is 10.0. The molecule has 0 N–H and O–H groups in total. The van der Waals surface area contributed by atoms with E-state index >= 15 is 0 Å². The standard InChI is InChI=1S/C77H130O6/c1-4-7-10-13-16-19-21-23-25-27-29-31-33-35-36-37-38-39-40-41-42-43-45-46-48-50-52-54-56-58-61-64-67-70-76(79)82-73-74(72-81-75(78)69-66-63-60-18-15-12-9-6-3)83-77(80)71-68-65-62-59-57-55-53-51-49-47-44-34-32-30-28-26-24-22-20-17-14-11-8-5-2/h7,10,16,19,23,25,29,31,35-36,38-39,41-42,45-46,50,52,56,58,74H,4-6,8-9,11-15,17-18,20-22,24,26-28,30,32-34,37,40,43-44,47-49,51,53-55,57,59-73H2,1-3H3/b10-7-,19-16-,25-23-,31-29-,36-35-,39-38-,42-41-,46-45-,52-50-,58-56-. The van der Waals surface area contributed by atoms with E-state index < -0.39 is 6.10 Å². The molecule has 0 rings (SSSR count). The largest absolute Gasteiger partial charge is 0.462 e. The van der Waals surface area contributed by atoms with Crippen LogP contribution in [0.2, 0.25) is 0 Å². The molecular formula is C77H130O6. The predicted molar refractivity (Wildman–Crippen MR) is 362 cm³/mol. The maximum absolute atomic E-state index is 12.9. The van der Waals surface area contributed by atoms with Crippen LogP contribution in [0.1, 0.15) is 329 Å². The van der Waals surface area contributed by atoms with E-state index in [4.69, 9.17) is 14.2 Å². The Kier molecular flexibility index (Phi) is 66.7. The second kappa shape index (κ2) is 70.3. The van der Waals surface area contributed by atoms with E-state index in [9.17, 15) is 14.4 Å². The lowest BCUT2D eigenvalue weighted by molar-refractivity contribution is -0.167. The Morgan fingerprint density at radius 1 is 0.253 bits per heavy atom. The fraction of sp³-hybridized carbons (Fsp3) is 0.701. The van der Waals surface area contributed by atoms with Gasteiger partial charge in [-0.1, -0.05) is 335 Å². The van der Waals surface area contributed by atoms with Crippen molar-refractivity contribution in [3.63, 3.8) is 0 Å². The molecule has 0 aliphatic rings. The third-order valence-corrected chi connectivity index (χ3v) is 15.0. The fourth-order valence-electron chi connectivity index (χ4n) is 9.77. The zero-order valence-electron chi connectivity index (χ0n) is 54.4. The number of carbonyl (C=O) groups excluding carboxylic acids is 3. The molecule has 474 valence electrons. The second-order valence-electron chi connectivity index (χ2n) is 23.1. The van der Waals surface area contributed by atoms with Gasteiger partial charge in [0.1, 0.15) is 13.2 Å². The minimum Gasteiger partial charge on any atom is -0.462 e. The van der Waals surface area contributed by atoms with Gasteiger partial charge in [-0.2, -0.15) is 0 Å². The molecule has 1 unspecified atom stereocenters. The maximum atomic E-state index is 12.9. The summed E-state index contributed by atoms with van der Waals surface area (Å²) in [5, 5.41) is 0. The first kappa shape index (κ1) is 78.8. The molecule has 0 amide bonds. The molecule has 0 saturated carbocycles. The van der Waals surface area contributed by atoms with Gasteiger partial charge in [-0.15, -0.1) is 0 Å². The van der Waals surface area contributed by atoms with Crippen molar-refractivity contribution < 1.29 is 28.6 Å². The molecule has 1 atom stereocenters. The Hall–Kier alpha value is -4.19. The topological polar surface area (TPSA) is 78.9 Å². The molecule has 0 bridgehead atoms. The summed E-state index contributed by atoms with van der Waals surface area (Å²) in [4.78, 5) is 38.2. The van der Waals surface area contributed by atoms with Gasteiger partial charge in [-0.25, -0.2) is 0 Å². The Balaban J connectivity index is 4.23. The molecule has 0 aromatic rings. The molecule has 6 nitrogen and oxygen atoms in total. The highest BCUT2D eigenvalue weighted by atomic mass is 16.6. The van der Waals surface area contributed by atoms with E-state index in [2.05, 4.69) is 142 Å². The summed E-state index contributed by atoms with van der Waals surface area (Å²) in [5.41, 5.74) is 0. The van der Waals surface area contributed by atoms with Crippen molar-refractivity contribution in [2.45, 2.75) is 335 Å². The van der Waals surface area contributed by atoms with Crippen LogP contribution in [-0.2, 0) is 28.6 Å². The lowest BCUT2D eigenvalue weighted by Gasteiger charge is -2.18. The highest BCUT2D eigenvalue weighted by molar-refractivity contribution is 5.71. The van der Waals surface area contributed by atoms with Crippen molar-refractivity contribution in [2.75, 3.05) is 13.2 Å². The molecular weight excluding hydrogens is 1020 g/mol. The van der Waals surface area contributed by atoms with Crippen molar-refractivity contribution in [1.29, 1.82) is 0 Å². The summed E-state index contributed by atoms with van der Waals surface area (Å²) >= 11 is 0. The molecule has 0 aliphatic heterocycles. The van der Waals surface area contributed by atoms with Crippen LogP contribution >= 0.6 is 0 Å². The van der Waals surface area contributed by atoms with Gasteiger partial charge in [0.15, 0.2) is 6.10 Å². The van der Waals surface area contributed by atoms with Crippen molar-refractivity contribution >= 4 is 17.9 Å². The number of ether oxygens (including phenoxy) is 3. The minimum absolute atomic E-state index is 0.0898. The summed E-state index contributed by atoms with van der Waals surface area (Å²) in [6, 6.07) is 0. The maximum Gasteiger partial charge on any atom is 0.306 e. The minimum atomic E-state index is -0.795. The number of esters is 3. The Bertz CT molecular complexity index is 1700. The van der Waals surface area contributed by atoms with Gasteiger partial charge < -0.3 is 14.2 Å². The SMILES string of the molecule is CC/C=C\C/C=C\C/C=C\C/C=C\C/C=C\C/C=C\C/C=C\C/C=C\C/C=C\C/C=C\CCCCC(=O)OCC(COC(=O)CCCCCCCCCC)OC(=O)CCCCCCCCCCCCCCCCCCCCCCCCCC. The van der Waals surface area contributed by atoms with Crippen LogP contribution in [0.4, 0.5) is 0 Å². The predicted octanol–water partition coefficient (Wildman–Crippen LogP) is 24.3. The number of hydrogen-bond acceptors (Lipinski definition) is 6. The van der Waals surface area contributed by atoms with Crippen LogP contribution in [0, 0.1) is 0 Å². The summed E-state index contributed by atoms with van der Waals surface area (Å²) in [6.45, 7) is 6.49. The Labute approximate surface area is 513 Å². The number of allylic oxidation sites excluding steroid dienone is 20. The van der Waals surface area contributed by atoms with Gasteiger partial charge in [-0.3, -0.25) is 14.4 Å². The normalized spacial score (nSPS) is 12.9. The van der Waals surface area contributed by atoms with Crippen molar-refractivity contribution in [1.82, 2.24) is 0 Å². The zero-order chi connectivity index (χ0) is 59.9. The van der Waals surface area contributed by atoms with Gasteiger partial charge in [0.2, 0.25) is 0 Å². The molecule has 0 aromatic carbocycles. The molecule has 0 saturated heterocycles. The van der Waals surface area contributed by atoms with Gasteiger partial charge in [-0.05, 0) is 96.3 Å². The van der Waals surface area contributed by atoms with E-state index in [1.54, 1.807) is 0 Å². The third kappa shape index (κ3) is 68.5. The average Bonchev–Trinajstić information content (AvgIpc) is 3.49. The van der Waals surface area contributed by atoms with Crippen molar-refractivity contribution in [2.24, 2.45) is 0 Å². The first-order chi connectivity index (χ1) is 41.0. The molecule has 0 radical (unpaired) electrons. The quantitative estimate of drug-likeness (QED) is 0.0261. The van der Waals surface area contributed by atoms with Crippen LogP contribution in [0.3, 0.4) is 0 Å². The average molecular weight is 1150 g/mol. The number of carbonyl (C=O) groups is 3. The van der Waals surface area contributed by atoms with E-state index in [1.807, 2.05) is 0 Å². The summed E-state index contributed by atoms with van der Waals surface area (Å²) in [7, 11) is 0. The number of hydrogen-bond donors (Lipinski definition) is 0. The summed E-state index contributed by atoms with van der Waals surface area (Å²) in [5.74, 6) is -0.929. The molecule has 0 spiro atoms. The van der Waals surface area contributed by atoms with Crippen LogP contribution in [-0.4, -0.2) is 37.2 Å². The van der Waals surface area contributed by atoms with Crippen LogP contribution in [0.15, 0.2) is 122 Å². The van der Waals surface area contributed by atoms with E-state index in [0.717, 1.165) is 122 Å². The molecule has 0 aromatic heterocycles. The van der Waals surface area contributed by atoms with Gasteiger partial charge >= 0.3 is 17.9 Å². The molecule has 6 heteroatoms. The van der Waals surface area contributed by atoms with Gasteiger partial charge in [0.05, 0.1) is 0 Å². The monoisotopic (exact) mass is 1150 g/mol. The summed E-state index contributed by atoms with van der Waals surface area (Å²) in [6.07, 6.45) is 98.2. The van der Waals surface area contributed by atoms with E-state index in [0.29, 0.717) is 19.3 Å². The highest BCUT2D eigenvalue weighted by Gasteiger charge is 2.19. The fourth-order valence-corrected chi connectivity index (χ4v) is 9.77. The zero-order valence-corrected chi connectivity index (χ0v) is 54.4. The second-order valence-corrected chi connectivity index (χ2v) is 23.1. The van der Waals surface area contributed by atoms with Crippen LogP contribution in [0.25, 0.3) is 0 Å². The Morgan fingerprint density at radius 2 is 0.470 bits per heavy atom. The first-order valence-corrected chi connectivity index (χ1v) is 35.0. The number of unbranched alkanes of at least 4 members (excludes halogenated alkanes) is 32. The number of rotatable bonds is 63. The van der Waals surface area contributed by atoms with Crippen molar-refractivity contribution in [3.8, 4) is 0 Å². The molecule has 0 heterocycles. The molecule has 0 aliphatic carbocycles. The van der Waals surface area contributed by atoms with Crippen LogP contribution in [0.5, 0.6) is 0 Å². The highest BCUT2D eigenvalue weighted by Crippen LogP contribution is 2.17.